The van der Waals surface area contributed by atoms with Gasteiger partial charge in [0.05, 0.1) is 11.1 Å². The van der Waals surface area contributed by atoms with E-state index in [2.05, 4.69) is 9.97 Å². The van der Waals surface area contributed by atoms with E-state index in [4.69, 9.17) is 5.11 Å². The number of carboxylic acid groups (broad SMARTS) is 1. The number of rotatable bonds is 3. The molecule has 0 aliphatic rings. The van der Waals surface area contributed by atoms with E-state index in [9.17, 15) is 22.4 Å². The molecule has 0 aliphatic heterocycles. The van der Waals surface area contributed by atoms with E-state index in [1.807, 2.05) is 4.98 Å². The number of hydrogen-bond donors (Lipinski definition) is 2. The molecular weight excluding hydrogens is 258 g/mol. The molecular formula is C9H5F4N3O2. The Labute approximate surface area is 96.5 Å². The summed E-state index contributed by atoms with van der Waals surface area (Å²) in [5.74, 6) is -7.21. The maximum atomic E-state index is 13.0. The van der Waals surface area contributed by atoms with Gasteiger partial charge in [0.2, 0.25) is 0 Å². The molecule has 0 bridgehead atoms. The minimum Gasteiger partial charge on any atom is -0.478 e. The largest absolute Gasteiger partial charge is 0.478 e. The molecule has 96 valence electrons. The second-order valence-electron chi connectivity index (χ2n) is 3.37. The van der Waals surface area contributed by atoms with Crippen molar-refractivity contribution in [1.29, 1.82) is 0 Å². The highest BCUT2D eigenvalue weighted by Crippen LogP contribution is 2.33. The van der Waals surface area contributed by atoms with Gasteiger partial charge in [0.15, 0.2) is 11.5 Å². The van der Waals surface area contributed by atoms with Crippen LogP contribution in [0.5, 0.6) is 0 Å². The fraction of sp³-hybridized carbons (Fsp3) is 0.222. The topological polar surface area (TPSA) is 78.9 Å². The summed E-state index contributed by atoms with van der Waals surface area (Å²) >= 11 is 0. The molecule has 2 heterocycles. The van der Waals surface area contributed by atoms with Gasteiger partial charge in [-0.05, 0) is 6.07 Å². The lowest BCUT2D eigenvalue weighted by Gasteiger charge is -2.11. The van der Waals surface area contributed by atoms with Crippen LogP contribution in [0, 0.1) is 0 Å². The summed E-state index contributed by atoms with van der Waals surface area (Å²) in [7, 11) is 0. The predicted molar refractivity (Wildman–Crippen MR) is 50.7 cm³/mol. The molecule has 2 aromatic rings. The molecule has 2 aromatic heterocycles. The third-order valence-corrected chi connectivity index (χ3v) is 2.21. The van der Waals surface area contributed by atoms with Crippen LogP contribution in [0.4, 0.5) is 17.6 Å². The average molecular weight is 263 g/mol. The Hall–Kier alpha value is -2.19. The van der Waals surface area contributed by atoms with E-state index in [1.54, 1.807) is 0 Å². The lowest BCUT2D eigenvalue weighted by Crippen LogP contribution is -2.25. The van der Waals surface area contributed by atoms with E-state index in [0.29, 0.717) is 0 Å². The van der Waals surface area contributed by atoms with Gasteiger partial charge < -0.3 is 10.1 Å². The number of carboxylic acids is 1. The highest BCUT2D eigenvalue weighted by Gasteiger charge is 2.46. The van der Waals surface area contributed by atoms with Crippen LogP contribution in [-0.4, -0.2) is 32.5 Å². The first-order valence-electron chi connectivity index (χ1n) is 4.58. The van der Waals surface area contributed by atoms with Crippen molar-refractivity contribution in [2.24, 2.45) is 0 Å². The Morgan fingerprint density at radius 2 is 2.11 bits per heavy atom. The SMILES string of the molecule is O=C(O)c1ccnc2nc(C(F)(F)C(F)F)[nH]c12. The van der Waals surface area contributed by atoms with Crippen molar-refractivity contribution < 1.29 is 27.5 Å². The van der Waals surface area contributed by atoms with Crippen LogP contribution in [0.15, 0.2) is 12.3 Å². The zero-order valence-corrected chi connectivity index (χ0v) is 8.49. The number of imidazole rings is 1. The number of fused-ring (bicyclic) bond motifs is 1. The van der Waals surface area contributed by atoms with Crippen LogP contribution in [0.3, 0.4) is 0 Å². The van der Waals surface area contributed by atoms with Crippen LogP contribution in [-0.2, 0) is 5.92 Å². The Morgan fingerprint density at radius 1 is 1.44 bits per heavy atom. The number of aromatic nitrogens is 3. The summed E-state index contributed by atoms with van der Waals surface area (Å²) in [6.45, 7) is 0. The van der Waals surface area contributed by atoms with Gasteiger partial charge in [-0.2, -0.15) is 8.78 Å². The van der Waals surface area contributed by atoms with Crippen LogP contribution < -0.4 is 0 Å². The molecule has 0 aromatic carbocycles. The lowest BCUT2D eigenvalue weighted by molar-refractivity contribution is -0.140. The number of aromatic carboxylic acids is 1. The number of hydrogen-bond acceptors (Lipinski definition) is 3. The fourth-order valence-electron chi connectivity index (χ4n) is 1.35. The Kier molecular flexibility index (Phi) is 2.68. The van der Waals surface area contributed by atoms with Crippen molar-refractivity contribution in [1.82, 2.24) is 15.0 Å². The third-order valence-electron chi connectivity index (χ3n) is 2.21. The lowest BCUT2D eigenvalue weighted by atomic mass is 10.2. The monoisotopic (exact) mass is 263 g/mol. The normalized spacial score (nSPS) is 12.3. The van der Waals surface area contributed by atoms with Gasteiger partial charge in [-0.1, -0.05) is 0 Å². The Bertz CT molecular complexity index is 611. The molecule has 0 fully saturated rings. The predicted octanol–water partition coefficient (Wildman–Crippen LogP) is 2.01. The van der Waals surface area contributed by atoms with Crippen LogP contribution in [0.25, 0.3) is 11.2 Å². The first-order chi connectivity index (χ1) is 8.34. The molecule has 0 radical (unpaired) electrons. The first-order valence-corrected chi connectivity index (χ1v) is 4.58. The molecule has 18 heavy (non-hydrogen) atoms. The van der Waals surface area contributed by atoms with Gasteiger partial charge in [0.25, 0.3) is 0 Å². The third kappa shape index (κ3) is 1.77. The number of nitrogens with zero attached hydrogens (tertiary/aromatic N) is 2. The second-order valence-corrected chi connectivity index (χ2v) is 3.37. The highest BCUT2D eigenvalue weighted by molar-refractivity contribution is 5.99. The minimum atomic E-state index is -4.49. The van der Waals surface area contributed by atoms with E-state index < -0.39 is 24.1 Å². The van der Waals surface area contributed by atoms with Crippen LogP contribution in [0.2, 0.25) is 0 Å². The van der Waals surface area contributed by atoms with Gasteiger partial charge in [-0.15, -0.1) is 0 Å². The summed E-state index contributed by atoms with van der Waals surface area (Å²) in [6.07, 6.45) is -2.91. The molecule has 2 N–H and O–H groups in total. The summed E-state index contributed by atoms with van der Waals surface area (Å²) in [5, 5.41) is 8.79. The van der Waals surface area contributed by atoms with Gasteiger partial charge in [-0.25, -0.2) is 23.5 Å². The molecule has 0 amide bonds. The number of alkyl halides is 4. The smallest absolute Gasteiger partial charge is 0.363 e. The van der Waals surface area contributed by atoms with Crippen molar-refractivity contribution in [2.45, 2.75) is 12.3 Å². The van der Waals surface area contributed by atoms with Gasteiger partial charge >= 0.3 is 18.3 Å². The second kappa shape index (κ2) is 3.93. The standard InChI is InChI=1S/C9H5F4N3O2/c10-7(11)9(12,13)8-15-4-3(6(17)18)1-2-14-5(4)16-8/h1-2,7H,(H,17,18)(H,14,15,16). The van der Waals surface area contributed by atoms with Crippen LogP contribution >= 0.6 is 0 Å². The Balaban J connectivity index is 2.65. The van der Waals surface area contributed by atoms with Crippen molar-refractivity contribution in [3.05, 3.63) is 23.7 Å². The molecule has 0 saturated carbocycles. The van der Waals surface area contributed by atoms with E-state index in [-0.39, 0.29) is 16.7 Å². The number of aromatic amines is 1. The summed E-state index contributed by atoms with van der Waals surface area (Å²) < 4.78 is 50.3. The maximum absolute atomic E-state index is 13.0. The van der Waals surface area contributed by atoms with E-state index in [0.717, 1.165) is 12.3 Å². The number of halogens is 4. The van der Waals surface area contributed by atoms with E-state index in [1.165, 1.54) is 0 Å². The minimum absolute atomic E-state index is 0.319. The number of H-pyrrole nitrogens is 1. The van der Waals surface area contributed by atoms with Crippen molar-refractivity contribution in [3.8, 4) is 0 Å². The quantitative estimate of drug-likeness (QED) is 0.830. The van der Waals surface area contributed by atoms with Gasteiger partial charge in [-0.3, -0.25) is 0 Å². The highest BCUT2D eigenvalue weighted by atomic mass is 19.3. The molecule has 0 unspecified atom stereocenters. The molecule has 5 nitrogen and oxygen atoms in total. The molecule has 0 saturated heterocycles. The van der Waals surface area contributed by atoms with E-state index >= 15 is 0 Å². The first kappa shape index (κ1) is 12.3. The summed E-state index contributed by atoms with van der Waals surface area (Å²) in [6, 6.07) is 1.05. The Morgan fingerprint density at radius 3 is 2.67 bits per heavy atom. The number of carbonyl (C=O) groups is 1. The average Bonchev–Trinajstić information content (AvgIpc) is 2.72. The fourth-order valence-corrected chi connectivity index (χ4v) is 1.35. The molecule has 0 atom stereocenters. The summed E-state index contributed by atoms with van der Waals surface area (Å²) in [5.41, 5.74) is -1.05. The van der Waals surface area contributed by atoms with Gasteiger partial charge in [0.1, 0.15) is 0 Å². The zero-order valence-electron chi connectivity index (χ0n) is 8.49. The van der Waals surface area contributed by atoms with Crippen molar-refractivity contribution in [3.63, 3.8) is 0 Å². The number of pyridine rings is 1. The van der Waals surface area contributed by atoms with Crippen molar-refractivity contribution in [2.75, 3.05) is 0 Å². The van der Waals surface area contributed by atoms with Crippen molar-refractivity contribution >= 4 is 17.1 Å². The molecule has 0 aliphatic carbocycles. The molecule has 9 heteroatoms. The van der Waals surface area contributed by atoms with Crippen LogP contribution in [0.1, 0.15) is 16.2 Å². The number of nitrogens with one attached hydrogen (secondary N) is 1. The molecule has 0 spiro atoms. The molecule has 2 rings (SSSR count). The van der Waals surface area contributed by atoms with Gasteiger partial charge in [0, 0.05) is 6.20 Å². The maximum Gasteiger partial charge on any atom is 0.363 e. The summed E-state index contributed by atoms with van der Waals surface area (Å²) in [4.78, 5) is 19.4. The zero-order chi connectivity index (χ0) is 13.5.